The van der Waals surface area contributed by atoms with Crippen LogP contribution in [0.1, 0.15) is 37.3 Å². The van der Waals surface area contributed by atoms with Gasteiger partial charge >= 0.3 is 6.09 Å². The minimum absolute atomic E-state index is 0.0809. The molecule has 6 nitrogen and oxygen atoms in total. The van der Waals surface area contributed by atoms with Gasteiger partial charge in [-0.05, 0) is 43.1 Å². The molecule has 0 N–H and O–H groups in total. The summed E-state index contributed by atoms with van der Waals surface area (Å²) in [5.74, 6) is 1.17. The second-order valence-corrected chi connectivity index (χ2v) is 8.82. The molecule has 1 aromatic carbocycles. The van der Waals surface area contributed by atoms with E-state index < -0.39 is 0 Å². The molecule has 0 radical (unpaired) electrons. The van der Waals surface area contributed by atoms with Crippen LogP contribution in [0.4, 0.5) is 4.79 Å². The molecule has 4 fully saturated rings. The van der Waals surface area contributed by atoms with Crippen molar-refractivity contribution in [2.45, 2.75) is 37.8 Å². The molecular formula is C22H29N3O3. The topological polar surface area (TPSA) is 53.1 Å². The Morgan fingerprint density at radius 1 is 1.11 bits per heavy atom. The van der Waals surface area contributed by atoms with E-state index in [9.17, 15) is 9.59 Å². The Bertz CT molecular complexity index is 740. The molecule has 0 unspecified atom stereocenters. The highest BCUT2D eigenvalue weighted by Crippen LogP contribution is 2.44. The predicted molar refractivity (Wildman–Crippen MR) is 105 cm³/mol. The zero-order valence-corrected chi connectivity index (χ0v) is 16.3. The lowest BCUT2D eigenvalue weighted by Crippen LogP contribution is -2.61. The lowest BCUT2D eigenvalue weighted by atomic mass is 9.74. The number of carbonyl (C=O) groups is 2. The third-order valence-corrected chi connectivity index (χ3v) is 7.09. The van der Waals surface area contributed by atoms with Crippen LogP contribution in [0.15, 0.2) is 30.3 Å². The molecule has 6 heteroatoms. The van der Waals surface area contributed by atoms with Gasteiger partial charge in [0.25, 0.3) is 0 Å². The van der Waals surface area contributed by atoms with Crippen LogP contribution in [-0.2, 0) is 9.53 Å². The molecule has 4 aliphatic heterocycles. The van der Waals surface area contributed by atoms with Crippen LogP contribution in [0.3, 0.4) is 0 Å². The number of ether oxygens (including phenoxy) is 1. The first-order valence-electron chi connectivity index (χ1n) is 10.7. The fraction of sp³-hybridized carbons (Fsp3) is 0.636. The molecule has 28 heavy (non-hydrogen) atoms. The number of likely N-dealkylation sites (tertiary alicyclic amines) is 1. The molecule has 0 saturated carbocycles. The van der Waals surface area contributed by atoms with E-state index in [2.05, 4.69) is 35.2 Å². The van der Waals surface area contributed by atoms with Crippen LogP contribution < -0.4 is 0 Å². The van der Waals surface area contributed by atoms with Gasteiger partial charge in [0.05, 0.1) is 6.54 Å². The van der Waals surface area contributed by atoms with Crippen LogP contribution in [0.25, 0.3) is 0 Å². The number of hydrogen-bond acceptors (Lipinski definition) is 4. The van der Waals surface area contributed by atoms with Gasteiger partial charge in [-0.15, -0.1) is 0 Å². The summed E-state index contributed by atoms with van der Waals surface area (Å²) in [4.78, 5) is 30.8. The maximum atomic E-state index is 12.8. The Labute approximate surface area is 166 Å². The molecule has 2 bridgehead atoms. The number of carbonyl (C=O) groups excluding carboxylic acids is 2. The van der Waals surface area contributed by atoms with Crippen molar-refractivity contribution in [2.75, 3.05) is 39.3 Å². The SMILES string of the molecule is O=C(CN1CCOC1=O)N1C[C@@H]2C[C@H](C1)[C@@H]1CCC[C@H](c3ccccc3)N1C2. The molecule has 2 amide bonds. The van der Waals surface area contributed by atoms with Crippen molar-refractivity contribution in [3.8, 4) is 0 Å². The van der Waals surface area contributed by atoms with E-state index >= 15 is 0 Å². The zero-order chi connectivity index (χ0) is 19.1. The summed E-state index contributed by atoms with van der Waals surface area (Å²) in [5, 5.41) is 0. The smallest absolute Gasteiger partial charge is 0.410 e. The monoisotopic (exact) mass is 383 g/mol. The number of fused-ring (bicyclic) bond motifs is 4. The highest BCUT2D eigenvalue weighted by Gasteiger charge is 2.45. The van der Waals surface area contributed by atoms with E-state index in [0.29, 0.717) is 37.1 Å². The number of amides is 2. The molecular weight excluding hydrogens is 354 g/mol. The number of cyclic esters (lactones) is 1. The summed E-state index contributed by atoms with van der Waals surface area (Å²) in [6.45, 7) is 3.83. The molecule has 0 spiro atoms. The number of benzene rings is 1. The summed E-state index contributed by atoms with van der Waals surface area (Å²) in [6, 6.07) is 12.0. The quantitative estimate of drug-likeness (QED) is 0.805. The minimum atomic E-state index is -0.352. The van der Waals surface area contributed by atoms with Gasteiger partial charge in [-0.25, -0.2) is 4.79 Å². The van der Waals surface area contributed by atoms with Crippen LogP contribution in [0, 0.1) is 11.8 Å². The van der Waals surface area contributed by atoms with Crippen LogP contribution >= 0.6 is 0 Å². The Morgan fingerprint density at radius 3 is 2.75 bits per heavy atom. The molecule has 5 rings (SSSR count). The molecule has 150 valence electrons. The van der Waals surface area contributed by atoms with E-state index in [1.165, 1.54) is 36.1 Å². The zero-order valence-electron chi connectivity index (χ0n) is 16.3. The van der Waals surface area contributed by atoms with Crippen LogP contribution in [-0.4, -0.2) is 72.1 Å². The molecule has 4 aliphatic rings. The minimum Gasteiger partial charge on any atom is -0.448 e. The van der Waals surface area contributed by atoms with Crippen molar-refractivity contribution in [3.05, 3.63) is 35.9 Å². The Kier molecular flexibility index (Phi) is 4.75. The van der Waals surface area contributed by atoms with Gasteiger partial charge in [0.15, 0.2) is 0 Å². The van der Waals surface area contributed by atoms with E-state index in [1.807, 2.05) is 4.90 Å². The average molecular weight is 383 g/mol. The fourth-order valence-corrected chi connectivity index (χ4v) is 5.88. The normalized spacial score (nSPS) is 32.8. The second kappa shape index (κ2) is 7.39. The van der Waals surface area contributed by atoms with E-state index in [4.69, 9.17) is 4.74 Å². The van der Waals surface area contributed by atoms with Crippen molar-refractivity contribution < 1.29 is 14.3 Å². The van der Waals surface area contributed by atoms with Gasteiger partial charge in [-0.2, -0.15) is 0 Å². The van der Waals surface area contributed by atoms with Gasteiger partial charge in [0.2, 0.25) is 5.91 Å². The maximum Gasteiger partial charge on any atom is 0.410 e. The lowest BCUT2D eigenvalue weighted by molar-refractivity contribution is -0.139. The Morgan fingerprint density at radius 2 is 1.96 bits per heavy atom. The molecule has 0 aliphatic carbocycles. The third-order valence-electron chi connectivity index (χ3n) is 7.09. The second-order valence-electron chi connectivity index (χ2n) is 8.82. The average Bonchev–Trinajstić information content (AvgIpc) is 3.12. The van der Waals surface area contributed by atoms with E-state index in [1.54, 1.807) is 0 Å². The standard InChI is InChI=1S/C22H29N3O3/c26-21(15-23-9-10-28-22(23)27)24-12-16-11-18(14-24)20-8-4-7-19(25(20)13-16)17-5-2-1-3-6-17/h1-3,5-6,16,18-20H,4,7-15H2/t16-,18+,19+,20-/m0/s1. The van der Waals surface area contributed by atoms with Crippen LogP contribution in [0.5, 0.6) is 0 Å². The molecule has 4 heterocycles. The number of rotatable bonds is 3. The Balaban J connectivity index is 1.28. The predicted octanol–water partition coefficient (Wildman–Crippen LogP) is 2.51. The lowest BCUT2D eigenvalue weighted by Gasteiger charge is -2.55. The molecule has 1 aromatic rings. The van der Waals surface area contributed by atoms with Gasteiger partial charge < -0.3 is 9.64 Å². The largest absolute Gasteiger partial charge is 0.448 e. The third kappa shape index (κ3) is 3.28. The van der Waals surface area contributed by atoms with Gasteiger partial charge in [-0.3, -0.25) is 14.6 Å². The van der Waals surface area contributed by atoms with E-state index in [-0.39, 0.29) is 18.5 Å². The number of nitrogens with zero attached hydrogens (tertiary/aromatic N) is 3. The molecule has 4 saturated heterocycles. The fourth-order valence-electron chi connectivity index (χ4n) is 5.88. The van der Waals surface area contributed by atoms with Crippen molar-refractivity contribution in [1.82, 2.24) is 14.7 Å². The highest BCUT2D eigenvalue weighted by molar-refractivity contribution is 5.83. The first kappa shape index (κ1) is 18.0. The van der Waals surface area contributed by atoms with Crippen molar-refractivity contribution in [1.29, 1.82) is 0 Å². The first-order valence-corrected chi connectivity index (χ1v) is 10.7. The molecule has 0 aromatic heterocycles. The number of piperidine rings is 3. The van der Waals surface area contributed by atoms with E-state index in [0.717, 1.165) is 19.6 Å². The summed E-state index contributed by atoms with van der Waals surface area (Å²) in [5.41, 5.74) is 1.44. The molecule has 4 atom stereocenters. The summed E-state index contributed by atoms with van der Waals surface area (Å²) in [7, 11) is 0. The number of hydrogen-bond donors (Lipinski definition) is 0. The van der Waals surface area contributed by atoms with Crippen molar-refractivity contribution in [3.63, 3.8) is 0 Å². The summed E-state index contributed by atoms with van der Waals surface area (Å²) >= 11 is 0. The first-order chi connectivity index (χ1) is 13.7. The van der Waals surface area contributed by atoms with Crippen molar-refractivity contribution >= 4 is 12.0 Å². The Hall–Kier alpha value is -2.08. The summed E-state index contributed by atoms with van der Waals surface area (Å²) < 4.78 is 4.96. The summed E-state index contributed by atoms with van der Waals surface area (Å²) in [6.07, 6.45) is 4.61. The highest BCUT2D eigenvalue weighted by atomic mass is 16.6. The van der Waals surface area contributed by atoms with Gasteiger partial charge in [-0.1, -0.05) is 30.3 Å². The van der Waals surface area contributed by atoms with Gasteiger partial charge in [0.1, 0.15) is 13.2 Å². The maximum absolute atomic E-state index is 12.8. The van der Waals surface area contributed by atoms with Gasteiger partial charge in [0, 0.05) is 31.7 Å². The van der Waals surface area contributed by atoms with Crippen LogP contribution in [0.2, 0.25) is 0 Å². The van der Waals surface area contributed by atoms with Crippen molar-refractivity contribution in [2.24, 2.45) is 11.8 Å².